The monoisotopic (exact) mass is 254 g/mol. The Morgan fingerprint density at radius 1 is 1.25 bits per heavy atom. The van der Waals surface area contributed by atoms with Gasteiger partial charge in [0.15, 0.2) is 0 Å². The third kappa shape index (κ3) is 418. The van der Waals surface area contributed by atoms with Crippen molar-refractivity contribution < 1.29 is 68.1 Å². The first-order valence-corrected chi connectivity index (χ1v) is 0.928. The zero-order chi connectivity index (χ0) is 3.58. The third-order valence-electron chi connectivity index (χ3n) is 0. The molecule has 8 heavy (non-hydrogen) atoms. The number of rotatable bonds is 0. The Morgan fingerprint density at radius 3 is 1.25 bits per heavy atom. The van der Waals surface area contributed by atoms with E-state index in [1.54, 1.807) is 0 Å². The summed E-state index contributed by atoms with van der Waals surface area (Å²) < 4.78 is 0. The number of hydrogen-bond donors (Lipinski definition) is 1. The molecule has 0 fully saturated rings. The molecular weight excluding hydrogens is 244 g/mol. The zero-order valence-electron chi connectivity index (χ0n) is 4.36. The van der Waals surface area contributed by atoms with Crippen molar-refractivity contribution in [1.82, 2.24) is 0 Å². The van der Waals surface area contributed by atoms with Gasteiger partial charge in [-0.3, -0.25) is 4.79 Å². The van der Waals surface area contributed by atoms with E-state index in [-0.39, 0.29) is 58.2 Å². The second-order valence-corrected chi connectivity index (χ2v) is 0.519. The fourth-order valence-corrected chi connectivity index (χ4v) is 0. The van der Waals surface area contributed by atoms with Crippen LogP contribution in [0, 0.1) is 41.7 Å². The Morgan fingerprint density at radius 2 is 1.25 bits per heavy atom. The van der Waals surface area contributed by atoms with Gasteiger partial charge in [0.2, 0.25) is 0 Å². The van der Waals surface area contributed by atoms with E-state index in [2.05, 4.69) is 0 Å². The van der Waals surface area contributed by atoms with Crippen molar-refractivity contribution in [3.63, 3.8) is 0 Å². The maximum atomic E-state index is 9.00. The summed E-state index contributed by atoms with van der Waals surface area (Å²) >= 11 is 0. The molecule has 0 aliphatic heterocycles. The van der Waals surface area contributed by atoms with Crippen LogP contribution in [-0.4, -0.2) is 27.5 Å². The van der Waals surface area contributed by atoms with Gasteiger partial charge in [0.1, 0.15) is 0 Å². The molecule has 6 heteroatoms. The van der Waals surface area contributed by atoms with Crippen LogP contribution in [0.2, 0.25) is 0 Å². The van der Waals surface area contributed by atoms with Crippen molar-refractivity contribution >= 4 is 5.97 Å². The Bertz CT molecular complexity index is 33.4. The van der Waals surface area contributed by atoms with Crippen LogP contribution in [0.3, 0.4) is 0 Å². The van der Waals surface area contributed by atoms with Crippen molar-refractivity contribution in [3.8, 4) is 0 Å². The van der Waals surface area contributed by atoms with Gasteiger partial charge < -0.3 is 21.5 Å². The van der Waals surface area contributed by atoms with Gasteiger partial charge >= 0.3 is 0 Å². The average molecular weight is 254 g/mol. The molecule has 0 radical (unpaired) electrons. The second-order valence-electron chi connectivity index (χ2n) is 0.519. The summed E-state index contributed by atoms with van der Waals surface area (Å²) in [6.07, 6.45) is 0. The molecule has 0 aromatic heterocycles. The van der Waals surface area contributed by atoms with E-state index >= 15 is 0 Å². The molecule has 0 aromatic carbocycles. The first-order valence-electron chi connectivity index (χ1n) is 0.928. The summed E-state index contributed by atoms with van der Waals surface area (Å²) in [4.78, 5) is 9.00. The fraction of sp³-hybridized carbons (Fsp3) is 0.500. The van der Waals surface area contributed by atoms with Crippen LogP contribution in [0.1, 0.15) is 6.92 Å². The van der Waals surface area contributed by atoms with Crippen LogP contribution in [0.4, 0.5) is 0 Å². The van der Waals surface area contributed by atoms with Gasteiger partial charge in [-0.15, -0.1) is 0 Å². The van der Waals surface area contributed by atoms with Crippen LogP contribution in [0.15, 0.2) is 0 Å². The summed E-state index contributed by atoms with van der Waals surface area (Å²) in [6, 6.07) is 0. The van der Waals surface area contributed by atoms with E-state index in [4.69, 9.17) is 9.90 Å². The molecule has 5 nitrogen and oxygen atoms in total. The van der Waals surface area contributed by atoms with Crippen molar-refractivity contribution in [2.45, 2.75) is 6.92 Å². The molecule has 0 heterocycles. The molecular formula is C2H10CeO5. The predicted octanol–water partition coefficient (Wildman–Crippen LogP) is -2.38. The minimum absolute atomic E-state index is 0. The fourth-order valence-electron chi connectivity index (χ4n) is 0. The third-order valence-corrected chi connectivity index (χ3v) is 0. The van der Waals surface area contributed by atoms with Crippen molar-refractivity contribution in [3.05, 3.63) is 0 Å². The summed E-state index contributed by atoms with van der Waals surface area (Å²) in [5.41, 5.74) is 0. The quantitative estimate of drug-likeness (QED) is 0.517. The molecule has 0 aliphatic rings. The molecule has 0 bridgehead atoms. The number of carboxylic acid groups (broad SMARTS) is 1. The van der Waals surface area contributed by atoms with Gasteiger partial charge in [0, 0.05) is 48.7 Å². The Kier molecular flexibility index (Phi) is 118. The van der Waals surface area contributed by atoms with Crippen LogP contribution < -0.4 is 0 Å². The van der Waals surface area contributed by atoms with Gasteiger partial charge in [-0.1, -0.05) is 0 Å². The number of carbonyl (C=O) groups is 1. The molecule has 0 spiro atoms. The van der Waals surface area contributed by atoms with E-state index in [9.17, 15) is 0 Å². The van der Waals surface area contributed by atoms with E-state index in [1.807, 2.05) is 0 Å². The maximum Gasteiger partial charge on any atom is 0.300 e. The summed E-state index contributed by atoms with van der Waals surface area (Å²) in [7, 11) is 0. The van der Waals surface area contributed by atoms with Crippen LogP contribution >= 0.6 is 0 Å². The number of aliphatic carboxylic acids is 1. The number of hydrogen-bond acceptors (Lipinski definition) is 1. The minimum atomic E-state index is -0.833. The van der Waals surface area contributed by atoms with Crippen molar-refractivity contribution in [2.75, 3.05) is 0 Å². The molecule has 7 N–H and O–H groups in total. The molecule has 52 valence electrons. The molecule has 0 aliphatic carbocycles. The molecule has 0 unspecified atom stereocenters. The van der Waals surface area contributed by atoms with Gasteiger partial charge in [0.05, 0.1) is 0 Å². The first-order chi connectivity index (χ1) is 1.73. The van der Waals surface area contributed by atoms with Crippen LogP contribution in [0.5, 0.6) is 0 Å². The Labute approximate surface area is 80.4 Å². The van der Waals surface area contributed by atoms with Crippen LogP contribution in [-0.2, 0) is 4.79 Å². The molecule has 0 atom stereocenters. The minimum Gasteiger partial charge on any atom is -0.481 e. The van der Waals surface area contributed by atoms with Crippen molar-refractivity contribution in [1.29, 1.82) is 0 Å². The van der Waals surface area contributed by atoms with E-state index in [0.29, 0.717) is 0 Å². The Balaban J connectivity index is -0.00000000750. The zero-order valence-corrected chi connectivity index (χ0v) is 7.50. The molecule has 0 amide bonds. The largest absolute Gasteiger partial charge is 0.481 e. The average Bonchev–Trinajstić information content (AvgIpc) is 0.811. The summed E-state index contributed by atoms with van der Waals surface area (Å²) in [5, 5.41) is 7.42. The SMILES string of the molecule is CC(=O)O.O.O.O.[Ce]. The molecule has 0 aromatic rings. The van der Waals surface area contributed by atoms with Crippen molar-refractivity contribution in [2.24, 2.45) is 0 Å². The van der Waals surface area contributed by atoms with E-state index in [0.717, 1.165) is 6.92 Å². The van der Waals surface area contributed by atoms with Gasteiger partial charge in [-0.05, 0) is 0 Å². The smallest absolute Gasteiger partial charge is 0.300 e. The van der Waals surface area contributed by atoms with Gasteiger partial charge in [0.25, 0.3) is 5.97 Å². The molecule has 0 saturated heterocycles. The summed E-state index contributed by atoms with van der Waals surface area (Å²) in [6.45, 7) is 1.08. The van der Waals surface area contributed by atoms with E-state index < -0.39 is 5.97 Å². The van der Waals surface area contributed by atoms with Gasteiger partial charge in [-0.25, -0.2) is 0 Å². The first kappa shape index (κ1) is 37.5. The summed E-state index contributed by atoms with van der Waals surface area (Å²) in [5.74, 6) is -0.833. The molecule has 0 saturated carbocycles. The molecule has 0 rings (SSSR count). The Hall–Kier alpha value is 0.727. The van der Waals surface area contributed by atoms with Crippen LogP contribution in [0.25, 0.3) is 0 Å². The standard InChI is InChI=1S/C2H4O2.Ce.3H2O/c1-2(3)4;;;;/h1H3,(H,3,4);;3*1H2. The topological polar surface area (TPSA) is 132 Å². The van der Waals surface area contributed by atoms with Gasteiger partial charge in [-0.2, -0.15) is 0 Å². The van der Waals surface area contributed by atoms with E-state index in [1.165, 1.54) is 0 Å². The second kappa shape index (κ2) is 25.2. The normalized spacial score (nSPS) is 3.12. The predicted molar refractivity (Wildman–Crippen MR) is 24.2 cm³/mol. The maximum absolute atomic E-state index is 9.00. The number of carboxylic acids is 1.